The van der Waals surface area contributed by atoms with Gasteiger partial charge < -0.3 is 14.2 Å². The van der Waals surface area contributed by atoms with E-state index in [1.54, 1.807) is 17.3 Å². The summed E-state index contributed by atoms with van der Waals surface area (Å²) in [6.07, 6.45) is 9.25. The smallest absolute Gasteiger partial charge is 0.255 e. The normalized spacial score (nSPS) is 18.0. The maximum atomic E-state index is 12.5. The van der Waals surface area contributed by atoms with E-state index in [9.17, 15) is 4.79 Å². The third-order valence-electron chi connectivity index (χ3n) is 5.57. The van der Waals surface area contributed by atoms with Gasteiger partial charge in [-0.2, -0.15) is 4.98 Å². The zero-order chi connectivity index (χ0) is 18.6. The Kier molecular flexibility index (Phi) is 5.48. The predicted molar refractivity (Wildman–Crippen MR) is 98.4 cm³/mol. The number of aromatic nitrogens is 3. The zero-order valence-corrected chi connectivity index (χ0v) is 15.8. The summed E-state index contributed by atoms with van der Waals surface area (Å²) in [7, 11) is 0. The summed E-state index contributed by atoms with van der Waals surface area (Å²) in [5, 5.41) is 4.05. The molecule has 0 aromatic carbocycles. The van der Waals surface area contributed by atoms with Crippen LogP contribution in [0.3, 0.4) is 0 Å². The fraction of sp³-hybridized carbons (Fsp3) is 0.600. The Morgan fingerprint density at radius 2 is 2.15 bits per heavy atom. The molecule has 144 valence electrons. The van der Waals surface area contributed by atoms with Crippen molar-refractivity contribution in [3.05, 3.63) is 41.3 Å². The lowest BCUT2D eigenvalue weighted by molar-refractivity contribution is 0.0568. The average Bonchev–Trinajstić information content (AvgIpc) is 3.30. The fourth-order valence-electron chi connectivity index (χ4n) is 3.78. The molecule has 1 saturated heterocycles. The highest BCUT2D eigenvalue weighted by molar-refractivity contribution is 5.95. The number of carbonyl (C=O) groups excluding carboxylic acids is 1. The molecule has 7 heteroatoms. The van der Waals surface area contributed by atoms with E-state index in [1.165, 1.54) is 25.7 Å². The molecule has 0 N–H and O–H groups in total. The van der Waals surface area contributed by atoms with Crippen molar-refractivity contribution >= 4 is 5.91 Å². The number of hydrogen-bond acceptors (Lipinski definition) is 6. The van der Waals surface area contributed by atoms with Crippen molar-refractivity contribution in [1.29, 1.82) is 0 Å². The van der Waals surface area contributed by atoms with Crippen molar-refractivity contribution in [2.24, 2.45) is 5.92 Å². The van der Waals surface area contributed by atoms with Crippen LogP contribution in [0.5, 0.6) is 0 Å². The molecule has 0 bridgehead atoms. The number of likely N-dealkylation sites (tertiary alicyclic amines) is 1. The molecule has 1 amide bonds. The number of amides is 1. The first-order chi connectivity index (χ1) is 13.2. The highest BCUT2D eigenvalue weighted by atomic mass is 16.5. The summed E-state index contributed by atoms with van der Waals surface area (Å²) in [6, 6.07) is 1.85. The number of carbonyl (C=O) groups is 1. The van der Waals surface area contributed by atoms with Gasteiger partial charge in [0.25, 0.3) is 5.91 Å². The van der Waals surface area contributed by atoms with E-state index in [4.69, 9.17) is 9.26 Å². The molecule has 27 heavy (non-hydrogen) atoms. The molecule has 7 nitrogen and oxygen atoms in total. The van der Waals surface area contributed by atoms with Gasteiger partial charge in [0.2, 0.25) is 5.89 Å². The third-order valence-corrected chi connectivity index (χ3v) is 5.57. The molecule has 4 rings (SSSR count). The van der Waals surface area contributed by atoms with Crippen LogP contribution in [0.2, 0.25) is 0 Å². The quantitative estimate of drug-likeness (QED) is 0.697. The van der Waals surface area contributed by atoms with Crippen molar-refractivity contribution in [2.45, 2.75) is 44.9 Å². The van der Waals surface area contributed by atoms with Crippen LogP contribution in [0.4, 0.5) is 0 Å². The highest BCUT2D eigenvalue weighted by Gasteiger charge is 2.36. The minimum atomic E-state index is 0.0110. The van der Waals surface area contributed by atoms with Crippen molar-refractivity contribution in [1.82, 2.24) is 20.0 Å². The fourth-order valence-corrected chi connectivity index (χ4v) is 3.78. The molecule has 2 aromatic rings. The Labute approximate surface area is 159 Å². The molecular weight excluding hydrogens is 344 g/mol. The first kappa shape index (κ1) is 18.1. The van der Waals surface area contributed by atoms with Gasteiger partial charge in [-0.3, -0.25) is 9.78 Å². The van der Waals surface area contributed by atoms with E-state index in [-0.39, 0.29) is 11.8 Å². The van der Waals surface area contributed by atoms with Gasteiger partial charge in [-0.05, 0) is 37.3 Å². The van der Waals surface area contributed by atoms with Crippen LogP contribution in [0.15, 0.2) is 23.0 Å². The molecule has 2 aromatic heterocycles. The van der Waals surface area contributed by atoms with Crippen LogP contribution in [0, 0.1) is 12.8 Å². The molecule has 0 spiro atoms. The number of hydrogen-bond donors (Lipinski definition) is 0. The van der Waals surface area contributed by atoms with Gasteiger partial charge in [0.1, 0.15) is 0 Å². The van der Waals surface area contributed by atoms with Crippen LogP contribution < -0.4 is 0 Å². The molecule has 2 aliphatic rings. The van der Waals surface area contributed by atoms with Gasteiger partial charge in [-0.1, -0.05) is 18.0 Å². The Bertz CT molecular complexity index is 779. The summed E-state index contributed by atoms with van der Waals surface area (Å²) in [6.45, 7) is 4.61. The minimum Gasteiger partial charge on any atom is -0.381 e. The summed E-state index contributed by atoms with van der Waals surface area (Å²) in [5.41, 5.74) is 1.60. The maximum Gasteiger partial charge on any atom is 0.255 e. The van der Waals surface area contributed by atoms with E-state index >= 15 is 0 Å². The van der Waals surface area contributed by atoms with E-state index < -0.39 is 0 Å². The second kappa shape index (κ2) is 8.17. The summed E-state index contributed by atoms with van der Waals surface area (Å²) >= 11 is 0. The topological polar surface area (TPSA) is 81.4 Å². The lowest BCUT2D eigenvalue weighted by Gasteiger charge is -2.37. The van der Waals surface area contributed by atoms with E-state index in [0.29, 0.717) is 43.4 Å². The molecule has 2 fully saturated rings. The number of pyridine rings is 1. The Balaban J connectivity index is 1.22. The second-order valence-electron chi connectivity index (χ2n) is 7.62. The summed E-state index contributed by atoms with van der Waals surface area (Å²) in [5.74, 6) is 2.16. The maximum absolute atomic E-state index is 12.5. The van der Waals surface area contributed by atoms with E-state index in [1.807, 2.05) is 13.0 Å². The first-order valence-electron chi connectivity index (χ1n) is 9.81. The summed E-state index contributed by atoms with van der Waals surface area (Å²) in [4.78, 5) is 22.8. The molecule has 0 atom stereocenters. The van der Waals surface area contributed by atoms with Gasteiger partial charge in [-0.25, -0.2) is 0 Å². The molecular formula is C20H26N4O3. The van der Waals surface area contributed by atoms with Crippen LogP contribution in [0.1, 0.15) is 59.2 Å². The lowest BCUT2D eigenvalue weighted by atomic mass is 9.98. The van der Waals surface area contributed by atoms with Crippen LogP contribution in [-0.4, -0.2) is 52.2 Å². The van der Waals surface area contributed by atoms with Crippen molar-refractivity contribution < 1.29 is 14.1 Å². The number of nitrogens with zero attached hydrogens (tertiary/aromatic N) is 4. The lowest BCUT2D eigenvalue weighted by Crippen LogP contribution is -2.48. The number of ether oxygens (including phenoxy) is 1. The van der Waals surface area contributed by atoms with Crippen molar-refractivity contribution in [3.8, 4) is 0 Å². The molecule has 1 aliphatic heterocycles. The van der Waals surface area contributed by atoms with Gasteiger partial charge in [0, 0.05) is 38.5 Å². The number of aryl methyl sites for hydroxylation is 1. The minimum absolute atomic E-state index is 0.0110. The van der Waals surface area contributed by atoms with Crippen molar-refractivity contribution in [2.75, 3.05) is 26.3 Å². The Morgan fingerprint density at radius 3 is 2.93 bits per heavy atom. The van der Waals surface area contributed by atoms with Crippen LogP contribution in [-0.2, 0) is 11.2 Å². The first-order valence-corrected chi connectivity index (χ1v) is 9.81. The largest absolute Gasteiger partial charge is 0.381 e. The molecule has 0 unspecified atom stereocenters. The predicted octanol–water partition coefficient (Wildman–Crippen LogP) is 2.76. The molecule has 3 heterocycles. The van der Waals surface area contributed by atoms with Gasteiger partial charge in [0.05, 0.1) is 18.1 Å². The highest BCUT2D eigenvalue weighted by Crippen LogP contribution is 2.28. The van der Waals surface area contributed by atoms with Gasteiger partial charge >= 0.3 is 0 Å². The third kappa shape index (κ3) is 4.18. The average molecular weight is 370 g/mol. The molecule has 0 radical (unpaired) electrons. The van der Waals surface area contributed by atoms with Crippen molar-refractivity contribution in [3.63, 3.8) is 0 Å². The van der Waals surface area contributed by atoms with E-state index in [2.05, 4.69) is 15.1 Å². The second-order valence-corrected chi connectivity index (χ2v) is 7.62. The van der Waals surface area contributed by atoms with E-state index in [0.717, 1.165) is 18.1 Å². The number of rotatable bonds is 7. The van der Waals surface area contributed by atoms with Gasteiger partial charge in [-0.15, -0.1) is 0 Å². The SMILES string of the molecule is Cc1ccncc1C(=O)N1CC(c2nc(CCOCC3CCCC3)no2)C1. The monoisotopic (exact) mass is 370 g/mol. The van der Waals surface area contributed by atoms with Crippen LogP contribution >= 0.6 is 0 Å². The standard InChI is InChI=1S/C20H26N4O3/c1-14-6-8-21-10-17(14)20(25)24-11-16(12-24)19-22-18(23-27-19)7-9-26-13-15-4-2-3-5-15/h6,8,10,15-16H,2-5,7,9,11-13H2,1H3. The van der Waals surface area contributed by atoms with Gasteiger partial charge in [0.15, 0.2) is 5.82 Å². The zero-order valence-electron chi connectivity index (χ0n) is 15.8. The summed E-state index contributed by atoms with van der Waals surface area (Å²) < 4.78 is 11.1. The Morgan fingerprint density at radius 1 is 1.33 bits per heavy atom. The molecule has 1 aliphatic carbocycles. The van der Waals surface area contributed by atoms with Crippen LogP contribution in [0.25, 0.3) is 0 Å². The Hall–Kier alpha value is -2.28. The molecule has 1 saturated carbocycles.